The normalized spacial score (nSPS) is 21.6. The Hall–Kier alpha value is -1.95. The molecule has 0 spiro atoms. The minimum Gasteiger partial charge on any atom is -0.490 e. The minimum atomic E-state index is -0.982. The van der Waals surface area contributed by atoms with Crippen LogP contribution in [0.5, 0.6) is 5.75 Å². The highest BCUT2D eigenvalue weighted by atomic mass is 35.5. The van der Waals surface area contributed by atoms with E-state index in [1.807, 2.05) is 11.9 Å². The molecule has 100 valence electrons. The molecule has 1 aromatic rings. The summed E-state index contributed by atoms with van der Waals surface area (Å²) < 4.78 is 10.5. The van der Waals surface area contributed by atoms with E-state index in [1.165, 1.54) is 0 Å². The van der Waals surface area contributed by atoms with Gasteiger partial charge in [-0.15, -0.1) is 0 Å². The molecule has 1 N–H and O–H groups in total. The maximum absolute atomic E-state index is 11.7. The molecule has 2 aliphatic heterocycles. The zero-order valence-electron chi connectivity index (χ0n) is 10.1. The second kappa shape index (κ2) is 4.31. The van der Waals surface area contributed by atoms with Crippen molar-refractivity contribution in [1.82, 2.24) is 5.32 Å². The molecular formula is C12H11ClN2O4. The Balaban J connectivity index is 2.12. The van der Waals surface area contributed by atoms with E-state index in [4.69, 9.17) is 21.1 Å². The number of likely N-dealkylation sites (N-methyl/N-ethyl adjacent to an activating group) is 1. The number of imide groups is 1. The van der Waals surface area contributed by atoms with Gasteiger partial charge in [-0.25, -0.2) is 4.79 Å². The molecule has 0 saturated carbocycles. The first-order valence-corrected chi connectivity index (χ1v) is 6.13. The van der Waals surface area contributed by atoms with E-state index in [0.717, 1.165) is 5.69 Å². The molecular weight excluding hydrogens is 272 g/mol. The number of hydrogen-bond acceptors (Lipinski definition) is 5. The fourth-order valence-corrected chi connectivity index (χ4v) is 2.49. The van der Waals surface area contributed by atoms with Gasteiger partial charge in [0.25, 0.3) is 5.91 Å². The average Bonchev–Trinajstić information content (AvgIpc) is 2.67. The van der Waals surface area contributed by atoms with Gasteiger partial charge >= 0.3 is 6.09 Å². The number of anilines is 1. The Morgan fingerprint density at radius 3 is 2.89 bits per heavy atom. The maximum Gasteiger partial charge on any atom is 0.415 e. The van der Waals surface area contributed by atoms with E-state index in [9.17, 15) is 9.59 Å². The van der Waals surface area contributed by atoms with Gasteiger partial charge in [0.15, 0.2) is 0 Å². The molecule has 19 heavy (non-hydrogen) atoms. The first-order chi connectivity index (χ1) is 9.06. The van der Waals surface area contributed by atoms with Crippen molar-refractivity contribution in [3.63, 3.8) is 0 Å². The van der Waals surface area contributed by atoms with Crippen molar-refractivity contribution in [2.45, 2.75) is 6.10 Å². The highest BCUT2D eigenvalue weighted by Crippen LogP contribution is 2.41. The third kappa shape index (κ3) is 1.98. The van der Waals surface area contributed by atoms with Crippen LogP contribution in [0.1, 0.15) is 11.7 Å². The Morgan fingerprint density at radius 1 is 1.42 bits per heavy atom. The lowest BCUT2D eigenvalue weighted by atomic mass is 10.0. The summed E-state index contributed by atoms with van der Waals surface area (Å²) in [6, 6.07) is 3.30. The molecule has 3 rings (SSSR count). The van der Waals surface area contributed by atoms with Crippen molar-refractivity contribution in [2.75, 3.05) is 25.1 Å². The molecule has 1 saturated heterocycles. The van der Waals surface area contributed by atoms with Crippen molar-refractivity contribution >= 4 is 29.3 Å². The van der Waals surface area contributed by atoms with E-state index in [0.29, 0.717) is 29.5 Å². The SMILES string of the molecule is CN1CCOc2cc(Cl)cc(C3OC(=O)NC3=O)c21. The number of alkyl carbamates (subject to hydrolysis) is 1. The predicted octanol–water partition coefficient (Wildman–Crippen LogP) is 1.48. The molecule has 0 radical (unpaired) electrons. The minimum absolute atomic E-state index is 0.430. The van der Waals surface area contributed by atoms with Gasteiger partial charge in [0.1, 0.15) is 12.4 Å². The van der Waals surface area contributed by atoms with Gasteiger partial charge in [-0.3, -0.25) is 10.1 Å². The van der Waals surface area contributed by atoms with Crippen LogP contribution in [0.4, 0.5) is 10.5 Å². The molecule has 6 nitrogen and oxygen atoms in total. The van der Waals surface area contributed by atoms with Gasteiger partial charge in [0.2, 0.25) is 6.10 Å². The van der Waals surface area contributed by atoms with Gasteiger partial charge in [-0.1, -0.05) is 11.6 Å². The monoisotopic (exact) mass is 282 g/mol. The number of nitrogens with zero attached hydrogens (tertiary/aromatic N) is 1. The van der Waals surface area contributed by atoms with E-state index >= 15 is 0 Å². The summed E-state index contributed by atoms with van der Waals surface area (Å²) in [6.45, 7) is 1.23. The highest BCUT2D eigenvalue weighted by Gasteiger charge is 2.37. The van der Waals surface area contributed by atoms with Gasteiger partial charge < -0.3 is 14.4 Å². The fraction of sp³-hybridized carbons (Fsp3) is 0.333. The van der Waals surface area contributed by atoms with Crippen LogP contribution in [0.15, 0.2) is 12.1 Å². The number of amides is 2. The molecule has 0 aromatic heterocycles. The lowest BCUT2D eigenvalue weighted by Crippen LogP contribution is -2.31. The zero-order chi connectivity index (χ0) is 13.6. The second-order valence-corrected chi connectivity index (χ2v) is 4.82. The van der Waals surface area contributed by atoms with Gasteiger partial charge in [-0.05, 0) is 6.07 Å². The summed E-state index contributed by atoms with van der Waals surface area (Å²) in [7, 11) is 1.88. The third-order valence-electron chi connectivity index (χ3n) is 3.11. The summed E-state index contributed by atoms with van der Waals surface area (Å²) in [4.78, 5) is 24.8. The first kappa shape index (κ1) is 12.1. The van der Waals surface area contributed by atoms with Crippen LogP contribution >= 0.6 is 11.6 Å². The van der Waals surface area contributed by atoms with Crippen LogP contribution in [-0.2, 0) is 9.53 Å². The van der Waals surface area contributed by atoms with Crippen molar-refractivity contribution in [3.05, 3.63) is 22.7 Å². The largest absolute Gasteiger partial charge is 0.490 e. The number of fused-ring (bicyclic) bond motifs is 1. The number of hydrogen-bond donors (Lipinski definition) is 1. The van der Waals surface area contributed by atoms with Gasteiger partial charge in [-0.2, -0.15) is 0 Å². The fourth-order valence-electron chi connectivity index (χ4n) is 2.28. The van der Waals surface area contributed by atoms with Crippen LogP contribution < -0.4 is 15.0 Å². The van der Waals surface area contributed by atoms with E-state index < -0.39 is 18.1 Å². The summed E-state index contributed by atoms with van der Waals surface area (Å²) in [5, 5.41) is 2.53. The number of benzene rings is 1. The van der Waals surface area contributed by atoms with Crippen molar-refractivity contribution in [3.8, 4) is 5.75 Å². The Labute approximate surface area is 114 Å². The van der Waals surface area contributed by atoms with E-state index in [2.05, 4.69) is 5.32 Å². The van der Waals surface area contributed by atoms with Crippen LogP contribution in [-0.4, -0.2) is 32.2 Å². The van der Waals surface area contributed by atoms with Crippen molar-refractivity contribution < 1.29 is 19.1 Å². The van der Waals surface area contributed by atoms with E-state index in [1.54, 1.807) is 12.1 Å². The molecule has 2 heterocycles. The number of nitrogens with one attached hydrogen (secondary N) is 1. The van der Waals surface area contributed by atoms with Crippen LogP contribution in [0, 0.1) is 0 Å². The Morgan fingerprint density at radius 2 is 2.21 bits per heavy atom. The summed E-state index contributed by atoms with van der Waals surface area (Å²) in [5.41, 5.74) is 1.26. The van der Waals surface area contributed by atoms with Crippen LogP contribution in [0.2, 0.25) is 5.02 Å². The summed E-state index contributed by atoms with van der Waals surface area (Å²) in [6.07, 6.45) is -1.73. The van der Waals surface area contributed by atoms with Gasteiger partial charge in [0.05, 0.1) is 12.2 Å². The molecule has 0 aliphatic carbocycles. The van der Waals surface area contributed by atoms with Crippen molar-refractivity contribution in [2.24, 2.45) is 0 Å². The number of rotatable bonds is 1. The predicted molar refractivity (Wildman–Crippen MR) is 67.6 cm³/mol. The highest BCUT2D eigenvalue weighted by molar-refractivity contribution is 6.31. The molecule has 2 aliphatic rings. The molecule has 1 unspecified atom stereocenters. The molecule has 1 aromatic carbocycles. The Bertz CT molecular complexity index is 575. The smallest absolute Gasteiger partial charge is 0.415 e. The second-order valence-electron chi connectivity index (χ2n) is 4.39. The standard InChI is InChI=1S/C12H11ClN2O4/c1-15-2-3-18-8-5-6(13)4-7(9(8)15)10-11(16)14-12(17)19-10/h4-5,10H,2-3H2,1H3,(H,14,16,17). The Kier molecular flexibility index (Phi) is 2.74. The van der Waals surface area contributed by atoms with Crippen LogP contribution in [0.3, 0.4) is 0 Å². The number of carbonyl (C=O) groups excluding carboxylic acids is 2. The summed E-state index contributed by atoms with van der Waals surface area (Å²) in [5.74, 6) is 0.0976. The molecule has 2 amide bonds. The third-order valence-corrected chi connectivity index (χ3v) is 3.32. The molecule has 1 atom stereocenters. The topological polar surface area (TPSA) is 67.9 Å². The number of carbonyl (C=O) groups is 2. The van der Waals surface area contributed by atoms with Crippen LogP contribution in [0.25, 0.3) is 0 Å². The molecule has 1 fully saturated rings. The summed E-state index contributed by atoms with van der Waals surface area (Å²) >= 11 is 6.02. The molecule has 7 heteroatoms. The number of ether oxygens (including phenoxy) is 2. The lowest BCUT2D eigenvalue weighted by molar-refractivity contribution is -0.123. The lowest BCUT2D eigenvalue weighted by Gasteiger charge is -2.30. The first-order valence-electron chi connectivity index (χ1n) is 5.75. The van der Waals surface area contributed by atoms with E-state index in [-0.39, 0.29) is 0 Å². The van der Waals surface area contributed by atoms with Crippen molar-refractivity contribution in [1.29, 1.82) is 0 Å². The van der Waals surface area contributed by atoms with Gasteiger partial charge in [0, 0.05) is 23.7 Å². The zero-order valence-corrected chi connectivity index (χ0v) is 10.9. The maximum atomic E-state index is 11.7. The average molecular weight is 283 g/mol. The quantitative estimate of drug-likeness (QED) is 0.845. The number of cyclic esters (lactones) is 1. The molecule has 0 bridgehead atoms. The number of halogens is 1.